The predicted molar refractivity (Wildman–Crippen MR) is 53.4 cm³/mol. The molecule has 72 valence electrons. The SMILES string of the molecule is CCCN1CCCCNC(C)C1. The van der Waals surface area contributed by atoms with Gasteiger partial charge in [0.1, 0.15) is 0 Å². The smallest absolute Gasteiger partial charge is 0.0166 e. The van der Waals surface area contributed by atoms with Crippen LogP contribution in [0.1, 0.15) is 33.1 Å². The molecule has 0 aromatic rings. The largest absolute Gasteiger partial charge is 0.313 e. The monoisotopic (exact) mass is 170 g/mol. The Morgan fingerprint density at radius 1 is 1.42 bits per heavy atom. The van der Waals surface area contributed by atoms with Gasteiger partial charge in [-0.25, -0.2) is 0 Å². The van der Waals surface area contributed by atoms with E-state index in [1.807, 2.05) is 0 Å². The zero-order valence-corrected chi connectivity index (χ0v) is 8.47. The summed E-state index contributed by atoms with van der Waals surface area (Å²) in [5, 5.41) is 3.53. The van der Waals surface area contributed by atoms with E-state index in [2.05, 4.69) is 24.1 Å². The third kappa shape index (κ3) is 3.55. The molecular formula is C10H22N2. The van der Waals surface area contributed by atoms with E-state index < -0.39 is 0 Å². The molecule has 0 aliphatic carbocycles. The zero-order chi connectivity index (χ0) is 8.81. The lowest BCUT2D eigenvalue weighted by molar-refractivity contribution is 0.227. The minimum atomic E-state index is 0.678. The molecule has 12 heavy (non-hydrogen) atoms. The first-order chi connectivity index (χ1) is 5.83. The van der Waals surface area contributed by atoms with Crippen molar-refractivity contribution in [1.29, 1.82) is 0 Å². The van der Waals surface area contributed by atoms with Crippen molar-refractivity contribution in [2.75, 3.05) is 26.2 Å². The fourth-order valence-electron chi connectivity index (χ4n) is 1.87. The van der Waals surface area contributed by atoms with Gasteiger partial charge in [-0.1, -0.05) is 6.92 Å². The molecule has 1 heterocycles. The van der Waals surface area contributed by atoms with E-state index in [1.54, 1.807) is 0 Å². The molecule has 0 bridgehead atoms. The minimum absolute atomic E-state index is 0.678. The summed E-state index contributed by atoms with van der Waals surface area (Å²) >= 11 is 0. The fourth-order valence-corrected chi connectivity index (χ4v) is 1.87. The third-order valence-corrected chi connectivity index (χ3v) is 2.47. The molecular weight excluding hydrogens is 148 g/mol. The average Bonchev–Trinajstić information content (AvgIpc) is 2.00. The molecule has 0 saturated carbocycles. The van der Waals surface area contributed by atoms with E-state index in [4.69, 9.17) is 0 Å². The summed E-state index contributed by atoms with van der Waals surface area (Å²) < 4.78 is 0. The Labute approximate surface area is 76.3 Å². The lowest BCUT2D eigenvalue weighted by Crippen LogP contribution is -2.42. The molecule has 1 saturated heterocycles. The molecule has 1 unspecified atom stereocenters. The molecule has 1 aliphatic heterocycles. The van der Waals surface area contributed by atoms with Crippen molar-refractivity contribution in [2.45, 2.75) is 39.2 Å². The summed E-state index contributed by atoms with van der Waals surface area (Å²) in [5.41, 5.74) is 0. The van der Waals surface area contributed by atoms with E-state index in [0.717, 1.165) is 0 Å². The van der Waals surface area contributed by atoms with Crippen molar-refractivity contribution >= 4 is 0 Å². The van der Waals surface area contributed by atoms with Crippen LogP contribution in [0, 0.1) is 0 Å². The van der Waals surface area contributed by atoms with Gasteiger partial charge in [0.15, 0.2) is 0 Å². The molecule has 1 N–H and O–H groups in total. The van der Waals surface area contributed by atoms with E-state index in [0.29, 0.717) is 6.04 Å². The van der Waals surface area contributed by atoms with Gasteiger partial charge in [0.2, 0.25) is 0 Å². The summed E-state index contributed by atoms with van der Waals surface area (Å²) in [6, 6.07) is 0.678. The van der Waals surface area contributed by atoms with Crippen LogP contribution in [0.5, 0.6) is 0 Å². The predicted octanol–water partition coefficient (Wildman–Crippen LogP) is 1.47. The topological polar surface area (TPSA) is 15.3 Å². The van der Waals surface area contributed by atoms with Gasteiger partial charge in [0, 0.05) is 12.6 Å². The van der Waals surface area contributed by atoms with Gasteiger partial charge in [-0.15, -0.1) is 0 Å². The van der Waals surface area contributed by atoms with Crippen molar-refractivity contribution in [3.8, 4) is 0 Å². The summed E-state index contributed by atoms with van der Waals surface area (Å²) in [4.78, 5) is 2.58. The van der Waals surface area contributed by atoms with Gasteiger partial charge >= 0.3 is 0 Å². The second-order valence-electron chi connectivity index (χ2n) is 3.86. The molecule has 1 rings (SSSR count). The van der Waals surface area contributed by atoms with Crippen LogP contribution in [-0.2, 0) is 0 Å². The number of nitrogens with zero attached hydrogens (tertiary/aromatic N) is 1. The van der Waals surface area contributed by atoms with Crippen LogP contribution in [0.25, 0.3) is 0 Å². The van der Waals surface area contributed by atoms with Crippen molar-refractivity contribution in [3.63, 3.8) is 0 Å². The maximum absolute atomic E-state index is 3.53. The number of nitrogens with one attached hydrogen (secondary N) is 1. The van der Waals surface area contributed by atoms with Gasteiger partial charge in [0.25, 0.3) is 0 Å². The number of hydrogen-bond acceptors (Lipinski definition) is 2. The highest BCUT2D eigenvalue weighted by molar-refractivity contribution is 4.70. The Hall–Kier alpha value is -0.0800. The average molecular weight is 170 g/mol. The summed E-state index contributed by atoms with van der Waals surface area (Å²) in [7, 11) is 0. The number of rotatable bonds is 2. The second kappa shape index (κ2) is 5.55. The lowest BCUT2D eigenvalue weighted by atomic mass is 10.2. The van der Waals surface area contributed by atoms with E-state index in [-0.39, 0.29) is 0 Å². The highest BCUT2D eigenvalue weighted by Gasteiger charge is 2.11. The van der Waals surface area contributed by atoms with Crippen LogP contribution in [-0.4, -0.2) is 37.1 Å². The Kier molecular flexibility index (Phi) is 4.62. The molecule has 1 fully saturated rings. The standard InChI is InChI=1S/C10H22N2/c1-3-7-12-8-5-4-6-11-10(2)9-12/h10-11H,3-9H2,1-2H3. The van der Waals surface area contributed by atoms with Crippen LogP contribution in [0.2, 0.25) is 0 Å². The Morgan fingerprint density at radius 3 is 3.00 bits per heavy atom. The first kappa shape index (κ1) is 10.0. The summed E-state index contributed by atoms with van der Waals surface area (Å²) in [5.74, 6) is 0. The highest BCUT2D eigenvalue weighted by Crippen LogP contribution is 2.02. The maximum atomic E-state index is 3.53. The third-order valence-electron chi connectivity index (χ3n) is 2.47. The van der Waals surface area contributed by atoms with E-state index >= 15 is 0 Å². The molecule has 0 aromatic heterocycles. The van der Waals surface area contributed by atoms with Crippen molar-refractivity contribution in [1.82, 2.24) is 10.2 Å². The van der Waals surface area contributed by atoms with Crippen LogP contribution >= 0.6 is 0 Å². The molecule has 0 radical (unpaired) electrons. The van der Waals surface area contributed by atoms with Gasteiger partial charge in [0.05, 0.1) is 0 Å². The van der Waals surface area contributed by atoms with Crippen LogP contribution in [0.3, 0.4) is 0 Å². The van der Waals surface area contributed by atoms with Crippen LogP contribution < -0.4 is 5.32 Å². The van der Waals surface area contributed by atoms with Crippen molar-refractivity contribution < 1.29 is 0 Å². The van der Waals surface area contributed by atoms with E-state index in [9.17, 15) is 0 Å². The Balaban J connectivity index is 2.27. The molecule has 2 nitrogen and oxygen atoms in total. The Morgan fingerprint density at radius 2 is 2.25 bits per heavy atom. The highest BCUT2D eigenvalue weighted by atomic mass is 15.1. The molecule has 1 aliphatic rings. The molecule has 1 atom stereocenters. The number of hydrogen-bond donors (Lipinski definition) is 1. The first-order valence-corrected chi connectivity index (χ1v) is 5.28. The minimum Gasteiger partial charge on any atom is -0.313 e. The molecule has 0 amide bonds. The van der Waals surface area contributed by atoms with Crippen LogP contribution in [0.4, 0.5) is 0 Å². The Bertz CT molecular complexity index is 114. The van der Waals surface area contributed by atoms with E-state index in [1.165, 1.54) is 45.4 Å². The molecule has 0 spiro atoms. The summed E-state index contributed by atoms with van der Waals surface area (Å²) in [6.45, 7) is 9.56. The second-order valence-corrected chi connectivity index (χ2v) is 3.86. The van der Waals surface area contributed by atoms with Gasteiger partial charge < -0.3 is 10.2 Å². The zero-order valence-electron chi connectivity index (χ0n) is 8.47. The lowest BCUT2D eigenvalue weighted by Gasteiger charge is -2.28. The fraction of sp³-hybridized carbons (Fsp3) is 1.00. The maximum Gasteiger partial charge on any atom is 0.0166 e. The first-order valence-electron chi connectivity index (χ1n) is 5.28. The van der Waals surface area contributed by atoms with Crippen molar-refractivity contribution in [2.24, 2.45) is 0 Å². The molecule has 0 aromatic carbocycles. The van der Waals surface area contributed by atoms with Gasteiger partial charge in [-0.05, 0) is 45.8 Å². The van der Waals surface area contributed by atoms with Gasteiger partial charge in [-0.3, -0.25) is 0 Å². The van der Waals surface area contributed by atoms with Crippen LogP contribution in [0.15, 0.2) is 0 Å². The normalized spacial score (nSPS) is 28.0. The quantitative estimate of drug-likeness (QED) is 0.675. The summed E-state index contributed by atoms with van der Waals surface area (Å²) in [6.07, 6.45) is 3.98. The van der Waals surface area contributed by atoms with Gasteiger partial charge in [-0.2, -0.15) is 0 Å². The van der Waals surface area contributed by atoms with Crippen molar-refractivity contribution in [3.05, 3.63) is 0 Å². The molecule has 2 heteroatoms.